The van der Waals surface area contributed by atoms with Gasteiger partial charge in [0.15, 0.2) is 5.82 Å². The summed E-state index contributed by atoms with van der Waals surface area (Å²) in [5.41, 5.74) is 8.98. The van der Waals surface area contributed by atoms with Crippen molar-refractivity contribution in [2.24, 2.45) is 5.41 Å². The van der Waals surface area contributed by atoms with Crippen molar-refractivity contribution in [3.05, 3.63) is 108 Å². The molecule has 2 aliphatic heterocycles. The molecule has 38 heavy (non-hydrogen) atoms. The average molecular weight is 501 g/mol. The van der Waals surface area contributed by atoms with Gasteiger partial charge in [0, 0.05) is 27.8 Å². The molecule has 0 saturated carbocycles. The fraction of sp³-hybridized carbons (Fsp3) is 0.294. The highest BCUT2D eigenvalue weighted by molar-refractivity contribution is 5.97. The predicted octanol–water partition coefficient (Wildman–Crippen LogP) is 8.64. The van der Waals surface area contributed by atoms with Crippen molar-refractivity contribution >= 4 is 22.9 Å². The molecule has 0 aliphatic carbocycles. The second kappa shape index (κ2) is 8.83. The first-order valence-corrected chi connectivity index (χ1v) is 13.7. The largest absolute Gasteiger partial charge is 0.314 e. The van der Waals surface area contributed by atoms with E-state index in [1.165, 1.54) is 27.9 Å². The maximum atomic E-state index is 5.01. The maximum absolute atomic E-state index is 5.01. The van der Waals surface area contributed by atoms with Crippen molar-refractivity contribution < 1.29 is 0 Å². The van der Waals surface area contributed by atoms with Gasteiger partial charge >= 0.3 is 0 Å². The molecule has 3 aromatic carbocycles. The quantitative estimate of drug-likeness (QED) is 0.257. The van der Waals surface area contributed by atoms with Crippen LogP contribution < -0.4 is 9.80 Å². The molecule has 4 heteroatoms. The topological polar surface area (TPSA) is 32.3 Å². The Bertz CT molecular complexity index is 1510. The zero-order valence-corrected chi connectivity index (χ0v) is 23.1. The Kier molecular flexibility index (Phi) is 5.68. The second-order valence-corrected chi connectivity index (χ2v) is 10.9. The maximum Gasteiger partial charge on any atom is 0.162 e. The summed E-state index contributed by atoms with van der Waals surface area (Å²) in [6.07, 6.45) is 5.91. The van der Waals surface area contributed by atoms with Crippen LogP contribution in [-0.4, -0.2) is 16.1 Å². The first kappa shape index (κ1) is 24.4. The van der Waals surface area contributed by atoms with Gasteiger partial charge in [-0.15, -0.1) is 6.58 Å². The number of para-hydroxylation sites is 2. The number of aromatic nitrogens is 2. The second-order valence-electron chi connectivity index (χ2n) is 10.9. The standard InChI is InChI=1S/C34H36N4/c1-7-33(6)32-37(25-18-11-10-12-19-25)30-29(28-23(4)16-15-17-24(28)5)35-22-36-31(30)38(32)27-21-14-13-20-26(27)34(33,8-2)9-3/h8,10-22,32H,2,7,9H2,1,3-6H3. The van der Waals surface area contributed by atoms with Crippen molar-refractivity contribution in [2.45, 2.75) is 59.0 Å². The van der Waals surface area contributed by atoms with E-state index in [-0.39, 0.29) is 17.0 Å². The Morgan fingerprint density at radius 3 is 2.18 bits per heavy atom. The van der Waals surface area contributed by atoms with Gasteiger partial charge in [-0.3, -0.25) is 0 Å². The van der Waals surface area contributed by atoms with E-state index >= 15 is 0 Å². The monoisotopic (exact) mass is 500 g/mol. The van der Waals surface area contributed by atoms with E-state index in [2.05, 4.69) is 130 Å². The normalized spacial score (nSPS) is 23.6. The van der Waals surface area contributed by atoms with Crippen molar-refractivity contribution in [1.29, 1.82) is 0 Å². The molecular formula is C34H36N4. The number of fused-ring (bicyclic) bond motifs is 5. The van der Waals surface area contributed by atoms with E-state index in [0.717, 1.165) is 35.7 Å². The van der Waals surface area contributed by atoms with Crippen molar-refractivity contribution in [2.75, 3.05) is 9.80 Å². The van der Waals surface area contributed by atoms with Crippen LogP contribution in [0, 0.1) is 19.3 Å². The van der Waals surface area contributed by atoms with E-state index in [9.17, 15) is 0 Å². The van der Waals surface area contributed by atoms with Crippen molar-refractivity contribution in [1.82, 2.24) is 9.97 Å². The van der Waals surface area contributed by atoms with Gasteiger partial charge < -0.3 is 9.80 Å². The molecule has 0 fully saturated rings. The predicted molar refractivity (Wildman–Crippen MR) is 158 cm³/mol. The summed E-state index contributed by atoms with van der Waals surface area (Å²) in [5, 5.41) is 0. The van der Waals surface area contributed by atoms with Gasteiger partial charge in [0.05, 0.1) is 0 Å². The minimum atomic E-state index is -0.208. The minimum Gasteiger partial charge on any atom is -0.314 e. The van der Waals surface area contributed by atoms with Crippen LogP contribution in [0.5, 0.6) is 0 Å². The lowest BCUT2D eigenvalue weighted by Crippen LogP contribution is -2.62. The van der Waals surface area contributed by atoms with E-state index in [1.54, 1.807) is 6.33 Å². The number of aryl methyl sites for hydroxylation is 2. The molecule has 4 nitrogen and oxygen atoms in total. The molecule has 4 aromatic rings. The van der Waals surface area contributed by atoms with E-state index in [4.69, 9.17) is 9.97 Å². The molecule has 6 rings (SSSR count). The lowest BCUT2D eigenvalue weighted by molar-refractivity contribution is 0.120. The first-order chi connectivity index (χ1) is 18.4. The fourth-order valence-electron chi connectivity index (χ4n) is 7.35. The highest BCUT2D eigenvalue weighted by atomic mass is 15.5. The summed E-state index contributed by atoms with van der Waals surface area (Å²) in [5.74, 6) is 0.965. The summed E-state index contributed by atoms with van der Waals surface area (Å²) in [4.78, 5) is 15.0. The highest BCUT2D eigenvalue weighted by Gasteiger charge is 2.62. The van der Waals surface area contributed by atoms with Crippen molar-refractivity contribution in [3.63, 3.8) is 0 Å². The number of hydrogen-bond acceptors (Lipinski definition) is 4. The molecule has 3 heterocycles. The Hall–Kier alpha value is -3.92. The third kappa shape index (κ3) is 3.03. The SMILES string of the molecule is C=CC1(CC)c2ccccc2N2c3ncnc(-c4c(C)cccc4C)c3N(c3ccccc3)C2C1(C)CC. The van der Waals surface area contributed by atoms with Crippen LogP contribution >= 0.6 is 0 Å². The molecule has 3 atom stereocenters. The van der Waals surface area contributed by atoms with Crippen LogP contribution in [-0.2, 0) is 5.41 Å². The van der Waals surface area contributed by atoms with Crippen molar-refractivity contribution in [3.8, 4) is 11.3 Å². The molecule has 0 saturated heterocycles. The fourth-order valence-corrected chi connectivity index (χ4v) is 7.35. The lowest BCUT2D eigenvalue weighted by atomic mass is 9.54. The Labute approximate surface area is 226 Å². The van der Waals surface area contributed by atoms with E-state index < -0.39 is 0 Å². The molecule has 0 amide bonds. The van der Waals surface area contributed by atoms with E-state index in [1.807, 2.05) is 0 Å². The molecule has 1 aromatic heterocycles. The molecule has 0 N–H and O–H groups in total. The number of anilines is 4. The Morgan fingerprint density at radius 2 is 1.53 bits per heavy atom. The number of benzene rings is 3. The molecule has 0 bridgehead atoms. The van der Waals surface area contributed by atoms with Gasteiger partial charge in [-0.2, -0.15) is 0 Å². The summed E-state index contributed by atoms with van der Waals surface area (Å²) < 4.78 is 0. The summed E-state index contributed by atoms with van der Waals surface area (Å²) in [7, 11) is 0. The molecular weight excluding hydrogens is 464 g/mol. The van der Waals surface area contributed by atoms with Crippen LogP contribution in [0.4, 0.5) is 22.9 Å². The number of rotatable bonds is 5. The molecule has 192 valence electrons. The van der Waals surface area contributed by atoms with Gasteiger partial charge in [-0.25, -0.2) is 9.97 Å². The van der Waals surface area contributed by atoms with Crippen LogP contribution in [0.2, 0.25) is 0 Å². The minimum absolute atomic E-state index is 0.00229. The zero-order chi connectivity index (χ0) is 26.7. The van der Waals surface area contributed by atoms with Crippen LogP contribution in [0.25, 0.3) is 11.3 Å². The number of hydrogen-bond donors (Lipinski definition) is 0. The average Bonchev–Trinajstić information content (AvgIpc) is 3.31. The van der Waals surface area contributed by atoms with Gasteiger partial charge in [0.25, 0.3) is 0 Å². The highest BCUT2D eigenvalue weighted by Crippen LogP contribution is 2.65. The Morgan fingerprint density at radius 1 is 0.842 bits per heavy atom. The zero-order valence-electron chi connectivity index (χ0n) is 23.1. The molecule has 0 spiro atoms. The molecule has 2 aliphatic rings. The summed E-state index contributed by atoms with van der Waals surface area (Å²) in [6.45, 7) is 15.9. The van der Waals surface area contributed by atoms with E-state index in [0.29, 0.717) is 0 Å². The van der Waals surface area contributed by atoms with Gasteiger partial charge in [0.2, 0.25) is 0 Å². The first-order valence-electron chi connectivity index (χ1n) is 13.7. The summed E-state index contributed by atoms with van der Waals surface area (Å²) >= 11 is 0. The molecule has 0 radical (unpaired) electrons. The number of allylic oxidation sites excluding steroid dienone is 1. The van der Waals surface area contributed by atoms with Gasteiger partial charge in [-0.1, -0.05) is 81.4 Å². The number of nitrogens with zero attached hydrogens (tertiary/aromatic N) is 4. The summed E-state index contributed by atoms with van der Waals surface area (Å²) in [6, 6.07) is 26.1. The molecule has 3 unspecified atom stereocenters. The third-order valence-electron chi connectivity index (χ3n) is 9.39. The Balaban J connectivity index is 1.76. The van der Waals surface area contributed by atoms with Crippen LogP contribution in [0.3, 0.4) is 0 Å². The van der Waals surface area contributed by atoms with Gasteiger partial charge in [0.1, 0.15) is 23.9 Å². The van der Waals surface area contributed by atoms with Gasteiger partial charge in [-0.05, 0) is 61.6 Å². The van der Waals surface area contributed by atoms with Crippen LogP contribution in [0.15, 0.2) is 91.8 Å². The smallest absolute Gasteiger partial charge is 0.162 e. The van der Waals surface area contributed by atoms with Crippen LogP contribution in [0.1, 0.15) is 50.3 Å². The third-order valence-corrected chi connectivity index (χ3v) is 9.39. The lowest BCUT2D eigenvalue weighted by Gasteiger charge is -2.59.